The summed E-state index contributed by atoms with van der Waals surface area (Å²) in [4.78, 5) is 19.9. The maximum Gasteiger partial charge on any atom is 0.275 e. The fraction of sp³-hybridized carbons (Fsp3) is 0. The topological polar surface area (TPSA) is 93.8 Å². The van der Waals surface area contributed by atoms with Gasteiger partial charge in [0.25, 0.3) is 5.91 Å². The maximum absolute atomic E-state index is 12.1. The molecule has 0 fully saturated rings. The molecule has 0 unspecified atom stereocenters. The lowest BCUT2D eigenvalue weighted by Crippen LogP contribution is -2.13. The van der Waals surface area contributed by atoms with Crippen LogP contribution in [0, 0.1) is 0 Å². The van der Waals surface area contributed by atoms with Crippen molar-refractivity contribution in [1.82, 2.24) is 20.2 Å². The minimum absolute atomic E-state index is 0.251. The average molecular weight is 343 g/mol. The van der Waals surface area contributed by atoms with Crippen molar-refractivity contribution in [1.29, 1.82) is 0 Å². The van der Waals surface area contributed by atoms with Crippen LogP contribution < -0.4 is 5.32 Å². The number of carbonyl (C=O) groups is 1. The number of nitrogens with one attached hydrogen (secondary N) is 1. The van der Waals surface area contributed by atoms with E-state index in [0.717, 1.165) is 11.1 Å². The summed E-state index contributed by atoms with van der Waals surface area (Å²) in [5.74, 6) is 0.547. The number of carbonyl (C=O) groups excluding carboxylic acids is 1. The SMILES string of the molecule is O=C(Nc1ccc(-c2nnc(-c3ccccc3)o2)cc1)c1cnccn1. The van der Waals surface area contributed by atoms with Crippen LogP contribution in [-0.4, -0.2) is 26.1 Å². The predicted octanol–water partition coefficient (Wildman–Crippen LogP) is 3.45. The summed E-state index contributed by atoms with van der Waals surface area (Å²) >= 11 is 0. The molecular weight excluding hydrogens is 330 g/mol. The molecule has 0 saturated heterocycles. The zero-order chi connectivity index (χ0) is 17.8. The van der Waals surface area contributed by atoms with E-state index in [2.05, 4.69) is 25.5 Å². The molecule has 7 nitrogen and oxygen atoms in total. The Kier molecular flexibility index (Phi) is 4.17. The van der Waals surface area contributed by atoms with E-state index in [4.69, 9.17) is 4.42 Å². The Labute approximate surface area is 148 Å². The van der Waals surface area contributed by atoms with E-state index >= 15 is 0 Å². The number of hydrogen-bond acceptors (Lipinski definition) is 6. The summed E-state index contributed by atoms with van der Waals surface area (Å²) in [7, 11) is 0. The van der Waals surface area contributed by atoms with Gasteiger partial charge in [0, 0.05) is 29.2 Å². The van der Waals surface area contributed by atoms with E-state index in [1.165, 1.54) is 18.6 Å². The molecule has 2 aromatic carbocycles. The van der Waals surface area contributed by atoms with Crippen LogP contribution in [0.1, 0.15) is 10.5 Å². The van der Waals surface area contributed by atoms with Crippen LogP contribution in [0.2, 0.25) is 0 Å². The monoisotopic (exact) mass is 343 g/mol. The zero-order valence-corrected chi connectivity index (χ0v) is 13.5. The van der Waals surface area contributed by atoms with Crippen molar-refractivity contribution in [3.05, 3.63) is 78.9 Å². The van der Waals surface area contributed by atoms with Crippen LogP contribution in [0.5, 0.6) is 0 Å². The molecule has 0 aliphatic heterocycles. The molecule has 1 amide bonds. The van der Waals surface area contributed by atoms with Gasteiger partial charge in [-0.15, -0.1) is 10.2 Å². The minimum atomic E-state index is -0.324. The van der Waals surface area contributed by atoms with Gasteiger partial charge in [-0.05, 0) is 36.4 Å². The Morgan fingerprint density at radius 3 is 2.19 bits per heavy atom. The summed E-state index contributed by atoms with van der Waals surface area (Å²) in [6.45, 7) is 0. The molecular formula is C19H13N5O2. The minimum Gasteiger partial charge on any atom is -0.416 e. The Balaban J connectivity index is 1.50. The first-order chi connectivity index (χ1) is 12.8. The Morgan fingerprint density at radius 1 is 0.846 bits per heavy atom. The first-order valence-electron chi connectivity index (χ1n) is 7.86. The van der Waals surface area contributed by atoms with Crippen molar-refractivity contribution in [2.45, 2.75) is 0 Å². The molecule has 4 rings (SSSR count). The van der Waals surface area contributed by atoms with Crippen molar-refractivity contribution in [2.75, 3.05) is 5.32 Å². The fourth-order valence-corrected chi connectivity index (χ4v) is 2.34. The third-order valence-corrected chi connectivity index (χ3v) is 3.63. The van der Waals surface area contributed by atoms with Crippen molar-refractivity contribution in [3.63, 3.8) is 0 Å². The summed E-state index contributed by atoms with van der Waals surface area (Å²) in [6, 6.07) is 16.7. The summed E-state index contributed by atoms with van der Waals surface area (Å²) in [6.07, 6.45) is 4.39. The summed E-state index contributed by atoms with van der Waals surface area (Å²) in [5.41, 5.74) is 2.50. The van der Waals surface area contributed by atoms with Crippen LogP contribution in [-0.2, 0) is 0 Å². The highest BCUT2D eigenvalue weighted by Gasteiger charge is 2.11. The lowest BCUT2D eigenvalue weighted by atomic mass is 10.2. The summed E-state index contributed by atoms with van der Waals surface area (Å²) < 4.78 is 5.72. The number of anilines is 1. The second kappa shape index (κ2) is 6.94. The number of rotatable bonds is 4. The van der Waals surface area contributed by atoms with Gasteiger partial charge in [0.1, 0.15) is 5.69 Å². The average Bonchev–Trinajstić information content (AvgIpc) is 3.20. The van der Waals surface area contributed by atoms with Gasteiger partial charge in [-0.25, -0.2) is 4.98 Å². The number of aromatic nitrogens is 4. The van der Waals surface area contributed by atoms with Crippen molar-refractivity contribution < 1.29 is 9.21 Å². The molecule has 0 spiro atoms. The van der Waals surface area contributed by atoms with Gasteiger partial charge >= 0.3 is 0 Å². The van der Waals surface area contributed by atoms with Gasteiger partial charge in [-0.3, -0.25) is 9.78 Å². The number of amides is 1. The second-order valence-corrected chi connectivity index (χ2v) is 5.40. The molecule has 0 radical (unpaired) electrons. The van der Waals surface area contributed by atoms with E-state index in [1.54, 1.807) is 24.3 Å². The Hall–Kier alpha value is -3.87. The zero-order valence-electron chi connectivity index (χ0n) is 13.5. The van der Waals surface area contributed by atoms with E-state index in [0.29, 0.717) is 17.5 Å². The van der Waals surface area contributed by atoms with E-state index in [1.807, 2.05) is 30.3 Å². The van der Waals surface area contributed by atoms with Crippen LogP contribution >= 0.6 is 0 Å². The largest absolute Gasteiger partial charge is 0.416 e. The van der Waals surface area contributed by atoms with Gasteiger partial charge in [0.05, 0.1) is 6.20 Å². The van der Waals surface area contributed by atoms with Gasteiger partial charge < -0.3 is 9.73 Å². The van der Waals surface area contributed by atoms with Crippen LogP contribution in [0.15, 0.2) is 77.6 Å². The quantitative estimate of drug-likeness (QED) is 0.610. The number of hydrogen-bond donors (Lipinski definition) is 1. The Morgan fingerprint density at radius 2 is 1.54 bits per heavy atom. The fourth-order valence-electron chi connectivity index (χ4n) is 2.34. The predicted molar refractivity (Wildman–Crippen MR) is 95.2 cm³/mol. The molecule has 126 valence electrons. The summed E-state index contributed by atoms with van der Waals surface area (Å²) in [5, 5.41) is 10.9. The first kappa shape index (κ1) is 15.6. The van der Waals surface area contributed by atoms with Crippen molar-refractivity contribution in [3.8, 4) is 22.9 Å². The molecule has 0 atom stereocenters. The molecule has 1 N–H and O–H groups in total. The number of benzene rings is 2. The standard InChI is InChI=1S/C19H13N5O2/c25-17(16-12-20-10-11-21-16)22-15-8-6-14(7-9-15)19-24-23-18(26-19)13-4-2-1-3-5-13/h1-12H,(H,22,25). The molecule has 26 heavy (non-hydrogen) atoms. The van der Waals surface area contributed by atoms with Crippen LogP contribution in [0.3, 0.4) is 0 Å². The van der Waals surface area contributed by atoms with Crippen LogP contribution in [0.4, 0.5) is 5.69 Å². The third-order valence-electron chi connectivity index (χ3n) is 3.63. The number of nitrogens with zero attached hydrogens (tertiary/aromatic N) is 4. The van der Waals surface area contributed by atoms with Gasteiger partial charge in [-0.2, -0.15) is 0 Å². The van der Waals surface area contributed by atoms with E-state index in [-0.39, 0.29) is 11.6 Å². The highest BCUT2D eigenvalue weighted by atomic mass is 16.4. The maximum atomic E-state index is 12.1. The normalized spacial score (nSPS) is 10.5. The highest BCUT2D eigenvalue weighted by molar-refractivity contribution is 6.02. The molecule has 7 heteroatoms. The lowest BCUT2D eigenvalue weighted by Gasteiger charge is -2.04. The van der Waals surface area contributed by atoms with Crippen LogP contribution in [0.25, 0.3) is 22.9 Å². The molecule has 0 aliphatic rings. The van der Waals surface area contributed by atoms with E-state index < -0.39 is 0 Å². The van der Waals surface area contributed by atoms with Gasteiger partial charge in [-0.1, -0.05) is 18.2 Å². The second-order valence-electron chi connectivity index (χ2n) is 5.40. The molecule has 2 aromatic heterocycles. The molecule has 0 bridgehead atoms. The molecule has 4 aromatic rings. The van der Waals surface area contributed by atoms with E-state index in [9.17, 15) is 4.79 Å². The van der Waals surface area contributed by atoms with Crippen molar-refractivity contribution >= 4 is 11.6 Å². The highest BCUT2D eigenvalue weighted by Crippen LogP contribution is 2.24. The molecule has 2 heterocycles. The smallest absolute Gasteiger partial charge is 0.275 e. The lowest BCUT2D eigenvalue weighted by molar-refractivity contribution is 0.102. The third kappa shape index (κ3) is 3.32. The molecule has 0 saturated carbocycles. The van der Waals surface area contributed by atoms with Crippen molar-refractivity contribution in [2.24, 2.45) is 0 Å². The van der Waals surface area contributed by atoms with Gasteiger partial charge in [0.15, 0.2) is 0 Å². The Bertz CT molecular complexity index is 1010. The first-order valence-corrected chi connectivity index (χ1v) is 7.86. The van der Waals surface area contributed by atoms with Gasteiger partial charge in [0.2, 0.25) is 11.8 Å². The molecule has 0 aliphatic carbocycles.